The van der Waals surface area contributed by atoms with Crippen molar-refractivity contribution in [3.8, 4) is 0 Å². The van der Waals surface area contributed by atoms with Crippen LogP contribution in [0, 0.1) is 5.82 Å². The fourth-order valence-electron chi connectivity index (χ4n) is 1.30. The van der Waals surface area contributed by atoms with Gasteiger partial charge in [-0.15, -0.1) is 0 Å². The topological polar surface area (TPSA) is 49.4 Å². The van der Waals surface area contributed by atoms with Crippen molar-refractivity contribution in [2.75, 3.05) is 11.9 Å². The van der Waals surface area contributed by atoms with Crippen LogP contribution in [0.5, 0.6) is 0 Å². The van der Waals surface area contributed by atoms with Gasteiger partial charge in [0.15, 0.2) is 5.82 Å². The minimum absolute atomic E-state index is 0.0828. The quantitative estimate of drug-likeness (QED) is 0.848. The number of amides is 2. The average molecular weight is 317 g/mol. The second-order valence-electron chi connectivity index (χ2n) is 4.02. The van der Waals surface area contributed by atoms with Gasteiger partial charge >= 0.3 is 0 Å². The van der Waals surface area contributed by atoms with Gasteiger partial charge in [0.05, 0.1) is 16.7 Å². The maximum Gasteiger partial charge on any atom is 0.244 e. The van der Waals surface area contributed by atoms with Crippen molar-refractivity contribution in [1.82, 2.24) is 4.90 Å². The molecule has 98 valence electrons. The number of carbonyl (C=O) groups is 2. The Morgan fingerprint density at radius 3 is 2.78 bits per heavy atom. The molecule has 4 nitrogen and oxygen atoms in total. The highest BCUT2D eigenvalue weighted by molar-refractivity contribution is 9.10. The largest absolute Gasteiger partial charge is 0.334 e. The van der Waals surface area contributed by atoms with Crippen LogP contribution >= 0.6 is 15.9 Å². The van der Waals surface area contributed by atoms with Gasteiger partial charge in [-0.05, 0) is 41.9 Å². The van der Waals surface area contributed by atoms with Crippen molar-refractivity contribution in [2.45, 2.75) is 19.9 Å². The lowest BCUT2D eigenvalue weighted by Crippen LogP contribution is -2.37. The molecule has 0 saturated heterocycles. The van der Waals surface area contributed by atoms with Crippen molar-refractivity contribution in [2.24, 2.45) is 0 Å². The zero-order valence-electron chi connectivity index (χ0n) is 10.1. The Bertz CT molecular complexity index is 452. The van der Waals surface area contributed by atoms with E-state index in [0.29, 0.717) is 6.41 Å². The molecule has 0 spiro atoms. The van der Waals surface area contributed by atoms with Crippen LogP contribution in [0.2, 0.25) is 0 Å². The van der Waals surface area contributed by atoms with Gasteiger partial charge in [0, 0.05) is 6.04 Å². The molecular weight excluding hydrogens is 303 g/mol. The highest BCUT2D eigenvalue weighted by atomic mass is 79.9. The summed E-state index contributed by atoms with van der Waals surface area (Å²) in [6.07, 6.45) is 0.599. The first-order chi connectivity index (χ1) is 8.45. The highest BCUT2D eigenvalue weighted by Gasteiger charge is 2.14. The van der Waals surface area contributed by atoms with E-state index >= 15 is 0 Å². The molecule has 0 bridgehead atoms. The summed E-state index contributed by atoms with van der Waals surface area (Å²) < 4.78 is 13.9. The second kappa shape index (κ2) is 6.49. The number of halogens is 2. The smallest absolute Gasteiger partial charge is 0.244 e. The number of nitrogens with zero attached hydrogens (tertiary/aromatic N) is 1. The molecule has 18 heavy (non-hydrogen) atoms. The summed E-state index contributed by atoms with van der Waals surface area (Å²) in [4.78, 5) is 23.7. The molecule has 1 N–H and O–H groups in total. The molecule has 6 heteroatoms. The fraction of sp³-hybridized carbons (Fsp3) is 0.333. The Labute approximate surface area is 113 Å². The lowest BCUT2D eigenvalue weighted by atomic mass is 10.3. The molecule has 0 aromatic heterocycles. The van der Waals surface area contributed by atoms with Crippen LogP contribution < -0.4 is 5.32 Å². The number of nitrogens with one attached hydrogen (secondary N) is 1. The zero-order valence-corrected chi connectivity index (χ0v) is 11.7. The van der Waals surface area contributed by atoms with E-state index in [-0.39, 0.29) is 22.7 Å². The first-order valence-electron chi connectivity index (χ1n) is 5.40. The molecule has 0 fully saturated rings. The van der Waals surface area contributed by atoms with E-state index in [1.54, 1.807) is 19.9 Å². The third-order valence-electron chi connectivity index (χ3n) is 2.35. The summed E-state index contributed by atoms with van der Waals surface area (Å²) in [6, 6.07) is 4.53. The highest BCUT2D eigenvalue weighted by Crippen LogP contribution is 2.22. The first-order valence-corrected chi connectivity index (χ1v) is 6.20. The van der Waals surface area contributed by atoms with Crippen LogP contribution in [-0.4, -0.2) is 29.8 Å². The zero-order chi connectivity index (χ0) is 13.7. The van der Waals surface area contributed by atoms with Crippen molar-refractivity contribution < 1.29 is 14.0 Å². The molecule has 0 heterocycles. The van der Waals surface area contributed by atoms with Crippen LogP contribution in [0.25, 0.3) is 0 Å². The Kier molecular flexibility index (Phi) is 5.27. The standard InChI is InChI=1S/C12H14BrFN2O2/c1-8(2)16(7-17)6-11(18)15-10-5-3-4-9(13)12(10)14/h3-5,7-8H,6H2,1-2H3,(H,15,18). The number of rotatable bonds is 5. The number of hydrogen-bond acceptors (Lipinski definition) is 2. The van der Waals surface area contributed by atoms with E-state index in [2.05, 4.69) is 21.2 Å². The lowest BCUT2D eigenvalue weighted by molar-refractivity contribution is -0.126. The molecule has 0 aliphatic heterocycles. The van der Waals surface area contributed by atoms with E-state index in [1.165, 1.54) is 17.0 Å². The molecule has 0 saturated carbocycles. The van der Waals surface area contributed by atoms with E-state index in [9.17, 15) is 14.0 Å². The Balaban J connectivity index is 2.70. The van der Waals surface area contributed by atoms with Crippen LogP contribution in [0.4, 0.5) is 10.1 Å². The SMILES string of the molecule is CC(C)N(C=O)CC(=O)Nc1cccc(Br)c1F. The van der Waals surface area contributed by atoms with Crippen LogP contribution in [0.3, 0.4) is 0 Å². The first kappa shape index (κ1) is 14.6. The van der Waals surface area contributed by atoms with Gasteiger partial charge in [0.1, 0.15) is 0 Å². The number of hydrogen-bond donors (Lipinski definition) is 1. The summed E-state index contributed by atoms with van der Waals surface area (Å²) in [6.45, 7) is 3.48. The maximum atomic E-state index is 13.6. The van der Waals surface area contributed by atoms with Crippen LogP contribution in [0.1, 0.15) is 13.8 Å². The van der Waals surface area contributed by atoms with E-state index in [1.807, 2.05) is 0 Å². The molecule has 0 aliphatic rings. The van der Waals surface area contributed by atoms with Crippen molar-refractivity contribution in [3.63, 3.8) is 0 Å². The predicted octanol–water partition coefficient (Wildman–Crippen LogP) is 2.39. The Morgan fingerprint density at radius 1 is 1.56 bits per heavy atom. The van der Waals surface area contributed by atoms with Crippen molar-refractivity contribution in [1.29, 1.82) is 0 Å². The number of carbonyl (C=O) groups excluding carboxylic acids is 2. The van der Waals surface area contributed by atoms with Crippen LogP contribution in [-0.2, 0) is 9.59 Å². The van der Waals surface area contributed by atoms with Gasteiger partial charge in [-0.3, -0.25) is 9.59 Å². The van der Waals surface area contributed by atoms with Crippen molar-refractivity contribution in [3.05, 3.63) is 28.5 Å². The van der Waals surface area contributed by atoms with Crippen molar-refractivity contribution >= 4 is 33.9 Å². The Morgan fingerprint density at radius 2 is 2.22 bits per heavy atom. The number of benzene rings is 1. The lowest BCUT2D eigenvalue weighted by Gasteiger charge is -2.20. The van der Waals surface area contributed by atoms with Gasteiger partial charge in [-0.1, -0.05) is 6.07 Å². The molecular formula is C12H14BrFN2O2. The monoisotopic (exact) mass is 316 g/mol. The molecule has 1 rings (SSSR count). The van der Waals surface area contributed by atoms with Gasteiger partial charge in [-0.25, -0.2) is 4.39 Å². The third kappa shape index (κ3) is 3.80. The summed E-state index contributed by atoms with van der Waals surface area (Å²) in [5, 5.41) is 2.43. The molecule has 1 aromatic carbocycles. The predicted molar refractivity (Wildman–Crippen MR) is 70.6 cm³/mol. The summed E-state index contributed by atoms with van der Waals surface area (Å²) in [7, 11) is 0. The molecule has 0 radical (unpaired) electrons. The molecule has 0 unspecified atom stereocenters. The normalized spacial score (nSPS) is 10.3. The van der Waals surface area contributed by atoms with Gasteiger partial charge in [-0.2, -0.15) is 0 Å². The Hall–Kier alpha value is -1.43. The molecule has 1 aromatic rings. The third-order valence-corrected chi connectivity index (χ3v) is 2.96. The summed E-state index contributed by atoms with van der Waals surface area (Å²) in [5.74, 6) is -0.971. The average Bonchev–Trinajstić information content (AvgIpc) is 2.31. The minimum atomic E-state index is -0.534. The summed E-state index contributed by atoms with van der Waals surface area (Å²) >= 11 is 3.03. The van der Waals surface area contributed by atoms with Crippen LogP contribution in [0.15, 0.2) is 22.7 Å². The second-order valence-corrected chi connectivity index (χ2v) is 4.88. The molecule has 2 amide bonds. The van der Waals surface area contributed by atoms with Gasteiger partial charge in [0.2, 0.25) is 12.3 Å². The van der Waals surface area contributed by atoms with Gasteiger partial charge < -0.3 is 10.2 Å². The maximum absolute atomic E-state index is 13.6. The summed E-state index contributed by atoms with van der Waals surface area (Å²) in [5.41, 5.74) is 0.0870. The fourth-order valence-corrected chi connectivity index (χ4v) is 1.66. The molecule has 0 aliphatic carbocycles. The number of anilines is 1. The molecule has 0 atom stereocenters. The van der Waals surface area contributed by atoms with E-state index in [4.69, 9.17) is 0 Å². The minimum Gasteiger partial charge on any atom is -0.334 e. The van der Waals surface area contributed by atoms with E-state index < -0.39 is 11.7 Å². The van der Waals surface area contributed by atoms with Gasteiger partial charge in [0.25, 0.3) is 0 Å². The van der Waals surface area contributed by atoms with E-state index in [0.717, 1.165) is 0 Å².